The molecule has 0 radical (unpaired) electrons. The fraction of sp³-hybridized carbons (Fsp3) is 0.600. The Bertz CT molecular complexity index is 1330. The van der Waals surface area contributed by atoms with Crippen molar-refractivity contribution in [3.63, 3.8) is 0 Å². The van der Waals surface area contributed by atoms with Crippen molar-refractivity contribution in [3.05, 3.63) is 58.9 Å². The second kappa shape index (κ2) is 9.06. The van der Waals surface area contributed by atoms with Gasteiger partial charge in [-0.1, -0.05) is 25.1 Å². The zero-order chi connectivity index (χ0) is 28.8. The number of halogens is 3. The van der Waals surface area contributed by atoms with E-state index in [0.717, 1.165) is 6.08 Å². The second-order valence-electron chi connectivity index (χ2n) is 12.3. The summed E-state index contributed by atoms with van der Waals surface area (Å²) >= 11 is 0. The number of aliphatic hydroxyl groups is 2. The largest absolute Gasteiger partial charge is 0.390 e. The number of hydrogen-bond donors (Lipinski definition) is 2. The first-order chi connectivity index (χ1) is 18.9. The van der Waals surface area contributed by atoms with Crippen molar-refractivity contribution in [3.8, 4) is 0 Å². The SMILES string of the molecule is COCc1ccc([C@@H]2O[C@@H]3C[C@H]4[C@@H]5C[C@H](F)C6=CC(=O)C=C[C@]6(C)[C@@]5(F)[C@@H](O)C[C@]4(C)[C@]3(C(=O)CO)O2)cc1F. The van der Waals surface area contributed by atoms with Crippen LogP contribution in [0.1, 0.15) is 50.5 Å². The summed E-state index contributed by atoms with van der Waals surface area (Å²) in [6, 6.07) is 4.36. The lowest BCUT2D eigenvalue weighted by Gasteiger charge is -2.63. The van der Waals surface area contributed by atoms with E-state index >= 15 is 8.78 Å². The maximum Gasteiger partial charge on any atom is 0.193 e. The highest BCUT2D eigenvalue weighted by molar-refractivity contribution is 6.01. The molecule has 1 heterocycles. The highest BCUT2D eigenvalue weighted by Crippen LogP contribution is 2.72. The monoisotopic (exact) mass is 562 g/mol. The highest BCUT2D eigenvalue weighted by Gasteiger charge is 2.80. The van der Waals surface area contributed by atoms with Crippen LogP contribution in [0, 0.1) is 28.5 Å². The van der Waals surface area contributed by atoms with Crippen LogP contribution in [0.2, 0.25) is 0 Å². The summed E-state index contributed by atoms with van der Waals surface area (Å²) < 4.78 is 65.4. The number of carbonyl (C=O) groups excluding carboxylic acids is 2. The molecule has 10 atom stereocenters. The minimum atomic E-state index is -2.33. The quantitative estimate of drug-likeness (QED) is 0.565. The van der Waals surface area contributed by atoms with Gasteiger partial charge in [0, 0.05) is 35.0 Å². The lowest BCUT2D eigenvalue weighted by atomic mass is 9.44. The summed E-state index contributed by atoms with van der Waals surface area (Å²) in [4.78, 5) is 25.6. The van der Waals surface area contributed by atoms with Gasteiger partial charge in [-0.2, -0.15) is 0 Å². The molecular formula is C30H33F3O7. The van der Waals surface area contributed by atoms with Crippen LogP contribution in [0.5, 0.6) is 0 Å². The molecule has 4 aliphatic carbocycles. The number of allylic oxidation sites excluding steroid dienone is 4. The van der Waals surface area contributed by atoms with Gasteiger partial charge in [0.05, 0.1) is 18.8 Å². The summed E-state index contributed by atoms with van der Waals surface area (Å²) in [6.07, 6.45) is -2.11. The molecule has 1 aromatic rings. The molecule has 5 aliphatic rings. The van der Waals surface area contributed by atoms with Gasteiger partial charge in [-0.05, 0) is 55.9 Å². The number of benzene rings is 1. The van der Waals surface area contributed by atoms with Gasteiger partial charge >= 0.3 is 0 Å². The molecule has 0 aromatic heterocycles. The lowest BCUT2D eigenvalue weighted by molar-refractivity contribution is -0.235. The molecule has 1 aromatic carbocycles. The molecule has 0 unspecified atom stereocenters. The Morgan fingerprint density at radius 3 is 2.65 bits per heavy atom. The van der Waals surface area contributed by atoms with Gasteiger partial charge in [0.2, 0.25) is 0 Å². The van der Waals surface area contributed by atoms with Gasteiger partial charge in [0.25, 0.3) is 0 Å². The molecule has 7 nitrogen and oxygen atoms in total. The van der Waals surface area contributed by atoms with Crippen molar-refractivity contribution in [1.29, 1.82) is 0 Å². The number of hydrogen-bond acceptors (Lipinski definition) is 7. The van der Waals surface area contributed by atoms with Crippen molar-refractivity contribution in [1.82, 2.24) is 0 Å². The molecule has 1 aliphatic heterocycles. The minimum absolute atomic E-state index is 0.00672. The highest BCUT2D eigenvalue weighted by atomic mass is 19.1. The molecule has 0 amide bonds. The predicted octanol–water partition coefficient (Wildman–Crippen LogP) is 3.62. The predicted molar refractivity (Wildman–Crippen MR) is 135 cm³/mol. The average Bonchev–Trinajstić information content (AvgIpc) is 3.41. The Kier molecular flexibility index (Phi) is 6.30. The van der Waals surface area contributed by atoms with E-state index in [4.69, 9.17) is 14.2 Å². The number of alkyl halides is 2. The first kappa shape index (κ1) is 27.8. The fourth-order valence-corrected chi connectivity index (χ4v) is 8.70. The zero-order valence-electron chi connectivity index (χ0n) is 22.5. The maximum atomic E-state index is 17.4. The Morgan fingerprint density at radius 1 is 1.23 bits per heavy atom. The molecule has 3 saturated carbocycles. The number of fused-ring (bicyclic) bond motifs is 7. The van der Waals surface area contributed by atoms with E-state index in [1.54, 1.807) is 13.0 Å². The number of rotatable bonds is 5. The third kappa shape index (κ3) is 3.31. The minimum Gasteiger partial charge on any atom is -0.390 e. The van der Waals surface area contributed by atoms with Gasteiger partial charge in [-0.15, -0.1) is 0 Å². The molecule has 10 heteroatoms. The molecule has 6 rings (SSSR count). The lowest BCUT2D eigenvalue weighted by Crippen LogP contribution is -2.70. The van der Waals surface area contributed by atoms with E-state index < -0.39 is 82.6 Å². The van der Waals surface area contributed by atoms with Crippen LogP contribution in [-0.2, 0) is 30.4 Å². The van der Waals surface area contributed by atoms with Crippen molar-refractivity contribution >= 4 is 11.6 Å². The molecule has 4 fully saturated rings. The third-order valence-corrected chi connectivity index (χ3v) is 10.6. The standard InChI is InChI=1S/C30H33F3O7/c1-27-7-6-17(35)9-20(27)22(32)10-19-18-11-25-30(24(37)13-34,28(18,2)12-23(36)29(19,27)33)40-26(39-25)15-4-5-16(14-38-3)21(31)8-15/h4-9,18-19,22-23,25-26,34,36H,10-14H2,1-3H3/t18-,19-,22-,23-,25+,26+,27-,28-,29-,30+/m0/s1. The normalized spacial score (nSPS) is 45.4. The topological polar surface area (TPSA) is 102 Å². The molecule has 216 valence electrons. The third-order valence-electron chi connectivity index (χ3n) is 10.6. The van der Waals surface area contributed by atoms with Gasteiger partial charge < -0.3 is 24.4 Å². The number of carbonyl (C=O) groups is 2. The van der Waals surface area contributed by atoms with E-state index in [1.807, 2.05) is 0 Å². The van der Waals surface area contributed by atoms with Crippen LogP contribution in [0.25, 0.3) is 0 Å². The van der Waals surface area contributed by atoms with E-state index in [0.29, 0.717) is 11.1 Å². The van der Waals surface area contributed by atoms with E-state index in [1.165, 1.54) is 38.3 Å². The molecular weight excluding hydrogens is 529 g/mol. The zero-order valence-corrected chi connectivity index (χ0v) is 22.5. The summed E-state index contributed by atoms with van der Waals surface area (Å²) in [5.74, 6) is -3.37. The smallest absolute Gasteiger partial charge is 0.193 e. The van der Waals surface area contributed by atoms with Gasteiger partial charge in [0.1, 0.15) is 18.6 Å². The van der Waals surface area contributed by atoms with Gasteiger partial charge in [-0.3, -0.25) is 9.59 Å². The van der Waals surface area contributed by atoms with E-state index in [9.17, 15) is 24.2 Å². The Balaban J connectivity index is 1.41. The van der Waals surface area contributed by atoms with Crippen molar-refractivity contribution in [2.75, 3.05) is 13.7 Å². The van der Waals surface area contributed by atoms with Crippen molar-refractivity contribution in [2.45, 2.75) is 75.7 Å². The van der Waals surface area contributed by atoms with Crippen LogP contribution in [-0.4, -0.2) is 65.1 Å². The summed E-state index contributed by atoms with van der Waals surface area (Å²) in [5, 5.41) is 21.6. The molecule has 0 spiro atoms. The number of methoxy groups -OCH3 is 1. The van der Waals surface area contributed by atoms with Crippen LogP contribution in [0.15, 0.2) is 42.0 Å². The van der Waals surface area contributed by atoms with Crippen LogP contribution >= 0.6 is 0 Å². The summed E-state index contributed by atoms with van der Waals surface area (Å²) in [6.45, 7) is 2.37. The maximum absolute atomic E-state index is 17.4. The molecule has 1 saturated heterocycles. The van der Waals surface area contributed by atoms with Crippen LogP contribution < -0.4 is 0 Å². The molecule has 0 bridgehead atoms. The van der Waals surface area contributed by atoms with Crippen LogP contribution in [0.4, 0.5) is 13.2 Å². The van der Waals surface area contributed by atoms with Crippen molar-refractivity contribution < 1.29 is 47.2 Å². The number of ketones is 2. The first-order valence-electron chi connectivity index (χ1n) is 13.6. The summed E-state index contributed by atoms with van der Waals surface area (Å²) in [7, 11) is 1.45. The average molecular weight is 563 g/mol. The Morgan fingerprint density at radius 2 is 1.98 bits per heavy atom. The number of ether oxygens (including phenoxy) is 3. The molecule has 2 N–H and O–H groups in total. The van der Waals surface area contributed by atoms with Crippen molar-refractivity contribution in [2.24, 2.45) is 22.7 Å². The number of Topliss-reactive ketones (excluding diaryl/α,β-unsaturated/α-hetero) is 1. The Labute approximate surface area is 230 Å². The summed E-state index contributed by atoms with van der Waals surface area (Å²) in [5.41, 5.74) is -6.27. The number of aliphatic hydroxyl groups excluding tert-OH is 2. The van der Waals surface area contributed by atoms with Crippen LogP contribution in [0.3, 0.4) is 0 Å². The van der Waals surface area contributed by atoms with E-state index in [2.05, 4.69) is 0 Å². The fourth-order valence-electron chi connectivity index (χ4n) is 8.70. The van der Waals surface area contributed by atoms with Gasteiger partial charge in [-0.25, -0.2) is 13.2 Å². The molecule has 40 heavy (non-hydrogen) atoms. The second-order valence-corrected chi connectivity index (χ2v) is 12.3. The first-order valence-corrected chi connectivity index (χ1v) is 13.6. The van der Waals surface area contributed by atoms with E-state index in [-0.39, 0.29) is 31.4 Å². The Hall–Kier alpha value is -2.37. The van der Waals surface area contributed by atoms with Gasteiger partial charge in [0.15, 0.2) is 29.1 Å².